The number of nitrogens with zero attached hydrogens (tertiary/aromatic N) is 2. The van der Waals surface area contributed by atoms with Crippen LogP contribution in [0, 0.1) is 11.8 Å². The topological polar surface area (TPSA) is 43.8 Å². The zero-order valence-electron chi connectivity index (χ0n) is 13.0. The van der Waals surface area contributed by atoms with Crippen molar-refractivity contribution in [3.8, 4) is 0 Å². The van der Waals surface area contributed by atoms with E-state index in [0.717, 1.165) is 31.0 Å². The molecule has 0 amide bonds. The number of hydrogen-bond donors (Lipinski definition) is 1. The second kappa shape index (κ2) is 7.08. The average molecular weight is 342 g/mol. The highest BCUT2D eigenvalue weighted by molar-refractivity contribution is 9.10. The highest BCUT2D eigenvalue weighted by atomic mass is 79.9. The minimum atomic E-state index is 0.265. The van der Waals surface area contributed by atoms with Gasteiger partial charge in [0.05, 0.1) is 15.9 Å². The van der Waals surface area contributed by atoms with E-state index >= 15 is 0 Å². The van der Waals surface area contributed by atoms with Crippen molar-refractivity contribution >= 4 is 15.9 Å². The van der Waals surface area contributed by atoms with E-state index in [2.05, 4.69) is 46.5 Å². The standard InChI is InChI=1S/C16H28BrN3/c1-4-14-16(17)15(20(5-2)19-14)10-13(18)12-8-6-7-11(3)9-12/h11-13H,4-10,18H2,1-3H3. The third-order valence-corrected chi connectivity index (χ3v) is 5.62. The summed E-state index contributed by atoms with van der Waals surface area (Å²) in [4.78, 5) is 0. The van der Waals surface area contributed by atoms with Crippen molar-refractivity contribution in [2.75, 3.05) is 0 Å². The molecule has 1 heterocycles. The van der Waals surface area contributed by atoms with Crippen LogP contribution < -0.4 is 5.73 Å². The van der Waals surface area contributed by atoms with Crippen molar-refractivity contribution in [2.45, 2.75) is 71.9 Å². The van der Waals surface area contributed by atoms with Gasteiger partial charge >= 0.3 is 0 Å². The summed E-state index contributed by atoms with van der Waals surface area (Å²) in [5.74, 6) is 1.52. The molecule has 0 spiro atoms. The van der Waals surface area contributed by atoms with Crippen molar-refractivity contribution in [3.63, 3.8) is 0 Å². The van der Waals surface area contributed by atoms with Crippen LogP contribution in [0.4, 0.5) is 0 Å². The fourth-order valence-corrected chi connectivity index (χ4v) is 4.20. The van der Waals surface area contributed by atoms with Crippen molar-refractivity contribution in [1.29, 1.82) is 0 Å². The fraction of sp³-hybridized carbons (Fsp3) is 0.812. The summed E-state index contributed by atoms with van der Waals surface area (Å²) in [6.07, 6.45) is 7.21. The second-order valence-corrected chi connectivity index (χ2v) is 7.07. The zero-order valence-corrected chi connectivity index (χ0v) is 14.6. The Hall–Kier alpha value is -0.350. The van der Waals surface area contributed by atoms with E-state index in [0.29, 0.717) is 5.92 Å². The molecule has 0 aliphatic heterocycles. The number of rotatable bonds is 5. The van der Waals surface area contributed by atoms with E-state index in [1.54, 1.807) is 0 Å². The van der Waals surface area contributed by atoms with E-state index in [1.165, 1.54) is 35.8 Å². The van der Waals surface area contributed by atoms with E-state index in [9.17, 15) is 0 Å². The van der Waals surface area contributed by atoms with Crippen LogP contribution in [0.25, 0.3) is 0 Å². The monoisotopic (exact) mass is 341 g/mol. The molecule has 1 aliphatic carbocycles. The first kappa shape index (κ1) is 16.0. The van der Waals surface area contributed by atoms with E-state index in [1.807, 2.05) is 0 Å². The van der Waals surface area contributed by atoms with Gasteiger partial charge in [-0.3, -0.25) is 4.68 Å². The summed E-state index contributed by atoms with van der Waals surface area (Å²) in [5.41, 5.74) is 8.97. The van der Waals surface area contributed by atoms with Gasteiger partial charge in [-0.05, 0) is 54.0 Å². The van der Waals surface area contributed by atoms with Crippen molar-refractivity contribution < 1.29 is 0 Å². The Kier molecular flexibility index (Phi) is 5.67. The summed E-state index contributed by atoms with van der Waals surface area (Å²) in [7, 11) is 0. The number of aryl methyl sites for hydroxylation is 2. The summed E-state index contributed by atoms with van der Waals surface area (Å²) in [5, 5.41) is 4.67. The quantitative estimate of drug-likeness (QED) is 0.881. The van der Waals surface area contributed by atoms with Crippen LogP contribution in [-0.2, 0) is 19.4 Å². The van der Waals surface area contributed by atoms with Gasteiger partial charge in [0.1, 0.15) is 0 Å². The SMILES string of the molecule is CCc1nn(CC)c(CC(N)C2CCCC(C)C2)c1Br. The lowest BCUT2D eigenvalue weighted by Crippen LogP contribution is -2.36. The number of aromatic nitrogens is 2. The smallest absolute Gasteiger partial charge is 0.0766 e. The molecule has 3 unspecified atom stereocenters. The van der Waals surface area contributed by atoms with Crippen LogP contribution in [-0.4, -0.2) is 15.8 Å². The van der Waals surface area contributed by atoms with Crippen molar-refractivity contribution in [3.05, 3.63) is 15.9 Å². The number of halogens is 1. The van der Waals surface area contributed by atoms with Gasteiger partial charge in [-0.2, -0.15) is 5.10 Å². The van der Waals surface area contributed by atoms with Crippen LogP contribution in [0.1, 0.15) is 57.8 Å². The molecule has 0 radical (unpaired) electrons. The number of nitrogens with two attached hydrogens (primary N) is 1. The van der Waals surface area contributed by atoms with Gasteiger partial charge in [-0.25, -0.2) is 0 Å². The summed E-state index contributed by atoms with van der Waals surface area (Å²) < 4.78 is 3.30. The van der Waals surface area contributed by atoms with Crippen molar-refractivity contribution in [2.24, 2.45) is 17.6 Å². The van der Waals surface area contributed by atoms with Gasteiger partial charge < -0.3 is 5.73 Å². The lowest BCUT2D eigenvalue weighted by Gasteiger charge is -2.31. The molecular weight excluding hydrogens is 314 g/mol. The lowest BCUT2D eigenvalue weighted by atomic mass is 9.78. The minimum Gasteiger partial charge on any atom is -0.327 e. The third kappa shape index (κ3) is 3.45. The molecule has 20 heavy (non-hydrogen) atoms. The molecule has 3 nitrogen and oxygen atoms in total. The Labute approximate surface area is 131 Å². The van der Waals surface area contributed by atoms with Gasteiger partial charge in [-0.1, -0.05) is 26.7 Å². The van der Waals surface area contributed by atoms with E-state index < -0.39 is 0 Å². The predicted molar refractivity (Wildman–Crippen MR) is 87.8 cm³/mol. The van der Waals surface area contributed by atoms with Crippen LogP contribution in [0.2, 0.25) is 0 Å². The molecular formula is C16H28BrN3. The minimum absolute atomic E-state index is 0.265. The Bertz CT molecular complexity index is 441. The largest absolute Gasteiger partial charge is 0.327 e. The maximum atomic E-state index is 6.52. The predicted octanol–water partition coefficient (Wildman–Crippen LogP) is 3.92. The summed E-state index contributed by atoms with van der Waals surface area (Å²) in [6, 6.07) is 0.265. The first-order chi connectivity index (χ1) is 9.56. The fourth-order valence-electron chi connectivity index (χ4n) is 3.47. The molecule has 2 N–H and O–H groups in total. The van der Waals surface area contributed by atoms with Crippen molar-refractivity contribution in [1.82, 2.24) is 9.78 Å². The molecule has 3 atom stereocenters. The average Bonchev–Trinajstić information content (AvgIpc) is 2.75. The van der Waals surface area contributed by atoms with Gasteiger partial charge in [0.25, 0.3) is 0 Å². The number of hydrogen-bond acceptors (Lipinski definition) is 2. The van der Waals surface area contributed by atoms with Crippen LogP contribution in [0.5, 0.6) is 0 Å². The third-order valence-electron chi connectivity index (χ3n) is 4.71. The molecule has 0 aromatic carbocycles. The van der Waals surface area contributed by atoms with Crippen LogP contribution in [0.3, 0.4) is 0 Å². The Balaban J connectivity index is 2.10. The van der Waals surface area contributed by atoms with Gasteiger partial charge in [0, 0.05) is 19.0 Å². The molecule has 1 aliphatic rings. The van der Waals surface area contributed by atoms with Crippen LogP contribution >= 0.6 is 15.9 Å². The summed E-state index contributed by atoms with van der Waals surface area (Å²) >= 11 is 3.73. The van der Waals surface area contributed by atoms with Gasteiger partial charge in [0.2, 0.25) is 0 Å². The highest BCUT2D eigenvalue weighted by Crippen LogP contribution is 2.32. The Morgan fingerprint density at radius 1 is 1.40 bits per heavy atom. The zero-order chi connectivity index (χ0) is 14.7. The molecule has 1 fully saturated rings. The van der Waals surface area contributed by atoms with E-state index in [-0.39, 0.29) is 6.04 Å². The normalized spacial score (nSPS) is 24.9. The molecule has 114 valence electrons. The maximum Gasteiger partial charge on any atom is 0.0766 e. The molecule has 0 bridgehead atoms. The molecule has 1 aromatic rings. The van der Waals surface area contributed by atoms with E-state index in [4.69, 9.17) is 5.73 Å². The highest BCUT2D eigenvalue weighted by Gasteiger charge is 2.26. The Morgan fingerprint density at radius 2 is 2.15 bits per heavy atom. The van der Waals surface area contributed by atoms with Gasteiger partial charge in [-0.15, -0.1) is 0 Å². The lowest BCUT2D eigenvalue weighted by molar-refractivity contribution is 0.243. The Morgan fingerprint density at radius 3 is 2.75 bits per heavy atom. The molecule has 2 rings (SSSR count). The maximum absolute atomic E-state index is 6.52. The summed E-state index contributed by atoms with van der Waals surface area (Å²) in [6.45, 7) is 7.58. The molecule has 1 saturated carbocycles. The first-order valence-corrected chi connectivity index (χ1v) is 8.85. The molecule has 0 saturated heterocycles. The van der Waals surface area contributed by atoms with Crippen LogP contribution in [0.15, 0.2) is 4.47 Å². The molecule has 4 heteroatoms. The van der Waals surface area contributed by atoms with Gasteiger partial charge in [0.15, 0.2) is 0 Å². The molecule has 1 aromatic heterocycles. The first-order valence-electron chi connectivity index (χ1n) is 8.06. The second-order valence-electron chi connectivity index (χ2n) is 6.28.